The number of amides is 2. The van der Waals surface area contributed by atoms with Crippen molar-refractivity contribution in [2.24, 2.45) is 5.92 Å². The molecule has 0 unspecified atom stereocenters. The van der Waals surface area contributed by atoms with Crippen molar-refractivity contribution in [1.29, 1.82) is 0 Å². The van der Waals surface area contributed by atoms with Gasteiger partial charge in [0.1, 0.15) is 13.2 Å². The second kappa shape index (κ2) is 6.25. The Morgan fingerprint density at radius 1 is 1.32 bits per heavy atom. The Hall–Kier alpha value is -2.24. The van der Waals surface area contributed by atoms with Crippen LogP contribution in [-0.2, 0) is 9.59 Å². The van der Waals surface area contributed by atoms with Crippen molar-refractivity contribution in [3.63, 3.8) is 0 Å². The molecule has 118 valence electrons. The Labute approximate surface area is 129 Å². The Kier molecular flexibility index (Phi) is 4.18. The number of rotatable bonds is 3. The van der Waals surface area contributed by atoms with E-state index in [0.717, 1.165) is 17.1 Å². The number of ether oxygens (including phenoxy) is 2. The third kappa shape index (κ3) is 3.16. The first-order valence-electron chi connectivity index (χ1n) is 7.60. The van der Waals surface area contributed by atoms with Crippen molar-refractivity contribution < 1.29 is 19.1 Å². The molecule has 3 rings (SSSR count). The number of carbonyl (C=O) groups is 2. The Balaban J connectivity index is 1.62. The zero-order valence-electron chi connectivity index (χ0n) is 12.6. The van der Waals surface area contributed by atoms with Gasteiger partial charge in [-0.25, -0.2) is 0 Å². The lowest BCUT2D eigenvalue weighted by Crippen LogP contribution is -2.43. The van der Waals surface area contributed by atoms with Crippen LogP contribution in [0, 0.1) is 5.92 Å². The van der Waals surface area contributed by atoms with Crippen LogP contribution >= 0.6 is 0 Å². The molecule has 6 nitrogen and oxygen atoms in total. The molecule has 6 heteroatoms. The summed E-state index contributed by atoms with van der Waals surface area (Å²) in [6, 6.07) is 5.58. The van der Waals surface area contributed by atoms with E-state index in [2.05, 4.69) is 10.6 Å². The summed E-state index contributed by atoms with van der Waals surface area (Å²) in [6.07, 6.45) is 1.02. The maximum absolute atomic E-state index is 12.3. The summed E-state index contributed by atoms with van der Waals surface area (Å²) in [5, 5.41) is 5.73. The number of piperidine rings is 1. The smallest absolute Gasteiger partial charge is 0.225 e. The summed E-state index contributed by atoms with van der Waals surface area (Å²) >= 11 is 0. The van der Waals surface area contributed by atoms with Gasteiger partial charge < -0.3 is 20.1 Å². The lowest BCUT2D eigenvalue weighted by molar-refractivity contribution is -0.129. The van der Waals surface area contributed by atoms with Crippen LogP contribution in [0.2, 0.25) is 0 Å². The summed E-state index contributed by atoms with van der Waals surface area (Å²) in [5.74, 6) is 1.29. The summed E-state index contributed by atoms with van der Waals surface area (Å²) < 4.78 is 11.1. The molecule has 0 spiro atoms. The third-order valence-electron chi connectivity index (χ3n) is 4.06. The van der Waals surface area contributed by atoms with Crippen molar-refractivity contribution in [1.82, 2.24) is 10.6 Å². The largest absolute Gasteiger partial charge is 0.486 e. The van der Waals surface area contributed by atoms with E-state index in [1.807, 2.05) is 25.1 Å². The minimum Gasteiger partial charge on any atom is -0.486 e. The fourth-order valence-electron chi connectivity index (χ4n) is 2.70. The molecule has 2 heterocycles. The highest BCUT2D eigenvalue weighted by atomic mass is 16.6. The third-order valence-corrected chi connectivity index (χ3v) is 4.06. The molecule has 2 aliphatic rings. The highest BCUT2D eigenvalue weighted by Gasteiger charge is 2.25. The zero-order chi connectivity index (χ0) is 15.5. The molecular weight excluding hydrogens is 284 g/mol. The van der Waals surface area contributed by atoms with E-state index >= 15 is 0 Å². The molecule has 2 amide bonds. The molecule has 0 aromatic heterocycles. The monoisotopic (exact) mass is 304 g/mol. The first-order chi connectivity index (χ1) is 10.6. The van der Waals surface area contributed by atoms with Gasteiger partial charge in [-0.3, -0.25) is 9.59 Å². The van der Waals surface area contributed by atoms with E-state index in [9.17, 15) is 9.59 Å². The summed E-state index contributed by atoms with van der Waals surface area (Å²) in [6.45, 7) is 3.45. The molecule has 1 aromatic carbocycles. The molecule has 0 bridgehead atoms. The van der Waals surface area contributed by atoms with E-state index in [1.165, 1.54) is 0 Å². The van der Waals surface area contributed by atoms with Gasteiger partial charge >= 0.3 is 0 Å². The van der Waals surface area contributed by atoms with Crippen LogP contribution in [0.25, 0.3) is 0 Å². The van der Waals surface area contributed by atoms with E-state index in [1.54, 1.807) is 0 Å². The number of benzene rings is 1. The Morgan fingerprint density at radius 3 is 2.82 bits per heavy atom. The van der Waals surface area contributed by atoms with E-state index in [0.29, 0.717) is 32.6 Å². The second-order valence-electron chi connectivity index (χ2n) is 5.67. The molecule has 1 fully saturated rings. The first kappa shape index (κ1) is 14.7. The molecule has 1 aromatic rings. The number of hydrogen-bond donors (Lipinski definition) is 2. The standard InChI is InChI=1S/C16H20N2O4/c1-10(18-16(20)12-3-5-15(19)17-9-12)11-2-4-13-14(8-11)22-7-6-21-13/h2,4,8,10,12H,3,5-7,9H2,1H3,(H,17,19)(H,18,20)/t10-,12-/m0/s1. The van der Waals surface area contributed by atoms with Crippen LogP contribution in [0.4, 0.5) is 0 Å². The quantitative estimate of drug-likeness (QED) is 0.878. The van der Waals surface area contributed by atoms with E-state index in [4.69, 9.17) is 9.47 Å². The van der Waals surface area contributed by atoms with Crippen molar-refractivity contribution in [3.8, 4) is 11.5 Å². The van der Waals surface area contributed by atoms with Gasteiger partial charge in [0.2, 0.25) is 11.8 Å². The van der Waals surface area contributed by atoms with Crippen LogP contribution in [0.15, 0.2) is 18.2 Å². The van der Waals surface area contributed by atoms with Crippen LogP contribution < -0.4 is 20.1 Å². The average Bonchev–Trinajstić information content (AvgIpc) is 2.55. The predicted molar refractivity (Wildman–Crippen MR) is 79.7 cm³/mol. The number of fused-ring (bicyclic) bond motifs is 1. The lowest BCUT2D eigenvalue weighted by atomic mass is 9.97. The van der Waals surface area contributed by atoms with Crippen molar-refractivity contribution >= 4 is 11.8 Å². The molecule has 0 saturated carbocycles. The maximum Gasteiger partial charge on any atom is 0.225 e. The van der Waals surface area contributed by atoms with Crippen molar-refractivity contribution in [2.75, 3.05) is 19.8 Å². The van der Waals surface area contributed by atoms with Crippen LogP contribution in [0.3, 0.4) is 0 Å². The number of hydrogen-bond acceptors (Lipinski definition) is 4. The maximum atomic E-state index is 12.3. The average molecular weight is 304 g/mol. The van der Waals surface area contributed by atoms with Gasteiger partial charge in [-0.2, -0.15) is 0 Å². The van der Waals surface area contributed by atoms with E-state index in [-0.39, 0.29) is 23.8 Å². The molecule has 2 aliphatic heterocycles. The van der Waals surface area contributed by atoms with Crippen LogP contribution in [-0.4, -0.2) is 31.6 Å². The zero-order valence-corrected chi connectivity index (χ0v) is 12.6. The fraction of sp³-hybridized carbons (Fsp3) is 0.500. The summed E-state index contributed by atoms with van der Waals surface area (Å²) in [7, 11) is 0. The highest BCUT2D eigenvalue weighted by Crippen LogP contribution is 2.32. The summed E-state index contributed by atoms with van der Waals surface area (Å²) in [4.78, 5) is 23.4. The highest BCUT2D eigenvalue weighted by molar-refractivity contribution is 5.83. The van der Waals surface area contributed by atoms with Crippen LogP contribution in [0.1, 0.15) is 31.4 Å². The molecule has 22 heavy (non-hydrogen) atoms. The minimum absolute atomic E-state index is 0.0175. The van der Waals surface area contributed by atoms with Crippen LogP contribution in [0.5, 0.6) is 11.5 Å². The van der Waals surface area contributed by atoms with Crippen molar-refractivity contribution in [3.05, 3.63) is 23.8 Å². The molecule has 0 aliphatic carbocycles. The van der Waals surface area contributed by atoms with Crippen molar-refractivity contribution in [2.45, 2.75) is 25.8 Å². The Morgan fingerprint density at radius 2 is 2.09 bits per heavy atom. The SMILES string of the molecule is C[C@H](NC(=O)[C@H]1CCC(=O)NC1)c1ccc2c(c1)OCCO2. The predicted octanol–water partition coefficient (Wildman–Crippen LogP) is 1.16. The molecule has 1 saturated heterocycles. The molecule has 2 atom stereocenters. The van der Waals surface area contributed by atoms with Gasteiger partial charge in [0, 0.05) is 13.0 Å². The summed E-state index contributed by atoms with van der Waals surface area (Å²) in [5.41, 5.74) is 0.970. The molecule has 0 radical (unpaired) electrons. The Bertz CT molecular complexity index is 578. The number of nitrogens with one attached hydrogen (secondary N) is 2. The topological polar surface area (TPSA) is 76.7 Å². The first-order valence-corrected chi connectivity index (χ1v) is 7.60. The van der Waals surface area contributed by atoms with Gasteiger partial charge in [0.15, 0.2) is 11.5 Å². The van der Waals surface area contributed by atoms with Gasteiger partial charge in [0.25, 0.3) is 0 Å². The molecule has 2 N–H and O–H groups in total. The van der Waals surface area contributed by atoms with Gasteiger partial charge in [-0.05, 0) is 31.0 Å². The minimum atomic E-state index is -0.155. The van der Waals surface area contributed by atoms with Gasteiger partial charge in [-0.1, -0.05) is 6.07 Å². The fourth-order valence-corrected chi connectivity index (χ4v) is 2.70. The lowest BCUT2D eigenvalue weighted by Gasteiger charge is -2.25. The normalized spacial score (nSPS) is 21.7. The second-order valence-corrected chi connectivity index (χ2v) is 5.67. The van der Waals surface area contributed by atoms with Gasteiger partial charge in [0.05, 0.1) is 12.0 Å². The van der Waals surface area contributed by atoms with E-state index < -0.39 is 0 Å². The molecular formula is C16H20N2O4. The number of carbonyl (C=O) groups excluding carboxylic acids is 2. The van der Waals surface area contributed by atoms with Gasteiger partial charge in [-0.15, -0.1) is 0 Å².